The minimum atomic E-state index is 0. The second kappa shape index (κ2) is 10.7. The lowest BCUT2D eigenvalue weighted by Gasteiger charge is -2.35. The molecule has 0 saturated carbocycles. The van der Waals surface area contributed by atoms with Crippen molar-refractivity contribution >= 4 is 53.3 Å². The lowest BCUT2D eigenvalue weighted by atomic mass is 10.3. The average molecular weight is 514 g/mol. The first kappa shape index (κ1) is 22.5. The van der Waals surface area contributed by atoms with Gasteiger partial charge in [0, 0.05) is 50.1 Å². The largest absolute Gasteiger partial charge is 0.355 e. The highest BCUT2D eigenvalue weighted by molar-refractivity contribution is 14.0. The molecule has 2 heterocycles. The molecule has 7 nitrogen and oxygen atoms in total. The fourth-order valence-corrected chi connectivity index (χ4v) is 3.96. The normalized spacial score (nSPS) is 16.0. The molecule has 0 radical (unpaired) electrons. The summed E-state index contributed by atoms with van der Waals surface area (Å²) < 4.78 is 1.71. The predicted molar refractivity (Wildman–Crippen MR) is 126 cm³/mol. The second-order valence-corrected chi connectivity index (χ2v) is 8.02. The first-order chi connectivity index (χ1) is 13.1. The number of aliphatic imine (C=N–C) groups is 1. The molecule has 9 heteroatoms. The first-order valence-electron chi connectivity index (χ1n) is 9.03. The number of carbonyl (C=O) groups is 1. The molecule has 1 atom stereocenters. The van der Waals surface area contributed by atoms with E-state index >= 15 is 0 Å². The van der Waals surface area contributed by atoms with E-state index in [2.05, 4.69) is 46.6 Å². The number of nitrogens with zero attached hydrogens (tertiary/aromatic N) is 5. The molecule has 1 aliphatic heterocycles. The molecule has 1 aromatic carbocycles. The van der Waals surface area contributed by atoms with Crippen molar-refractivity contribution in [3.8, 4) is 0 Å². The summed E-state index contributed by atoms with van der Waals surface area (Å²) in [5.74, 6) is 0.832. The molecular weight excluding hydrogens is 487 g/mol. The van der Waals surface area contributed by atoms with Gasteiger partial charge in [0.2, 0.25) is 5.91 Å². The quantitative estimate of drug-likeness (QED) is 0.288. The number of rotatable bonds is 5. The summed E-state index contributed by atoms with van der Waals surface area (Å²) in [4.78, 5) is 22.0. The van der Waals surface area contributed by atoms with E-state index in [1.165, 1.54) is 4.90 Å². The molecule has 1 aliphatic rings. The van der Waals surface area contributed by atoms with E-state index < -0.39 is 0 Å². The number of aromatic nitrogens is 2. The van der Waals surface area contributed by atoms with Crippen molar-refractivity contribution in [3.63, 3.8) is 0 Å². The van der Waals surface area contributed by atoms with Crippen LogP contribution < -0.4 is 10.2 Å². The number of piperazine rings is 1. The van der Waals surface area contributed by atoms with E-state index in [4.69, 9.17) is 0 Å². The number of amides is 1. The summed E-state index contributed by atoms with van der Waals surface area (Å²) in [7, 11) is 3.61. The van der Waals surface area contributed by atoms with Crippen LogP contribution in [0.2, 0.25) is 0 Å². The summed E-state index contributed by atoms with van der Waals surface area (Å²) in [6.07, 6.45) is 3.59. The van der Waals surface area contributed by atoms with Crippen molar-refractivity contribution in [1.29, 1.82) is 0 Å². The smallest absolute Gasteiger partial charge is 0.246 e. The van der Waals surface area contributed by atoms with Crippen LogP contribution in [-0.2, 0) is 11.8 Å². The summed E-state index contributed by atoms with van der Waals surface area (Å²) in [6, 6.07) is 10.4. The average Bonchev–Trinajstić information content (AvgIpc) is 3.09. The summed E-state index contributed by atoms with van der Waals surface area (Å²) in [5.41, 5.74) is 0.845. The number of carbonyl (C=O) groups excluding carboxylic acids is 1. The van der Waals surface area contributed by atoms with Gasteiger partial charge in [0.15, 0.2) is 5.96 Å². The number of thioether (sulfide) groups is 1. The van der Waals surface area contributed by atoms with Gasteiger partial charge >= 0.3 is 0 Å². The highest BCUT2D eigenvalue weighted by Gasteiger charge is 2.27. The Labute approximate surface area is 187 Å². The third kappa shape index (κ3) is 5.87. The fourth-order valence-electron chi connectivity index (χ4n) is 3.02. The molecule has 0 bridgehead atoms. The molecule has 28 heavy (non-hydrogen) atoms. The van der Waals surface area contributed by atoms with Crippen LogP contribution in [0.15, 0.2) is 52.6 Å². The van der Waals surface area contributed by atoms with Crippen LogP contribution >= 0.6 is 35.7 Å². The van der Waals surface area contributed by atoms with E-state index in [0.29, 0.717) is 18.3 Å². The zero-order valence-corrected chi connectivity index (χ0v) is 19.6. The maximum atomic E-state index is 12.6. The van der Waals surface area contributed by atoms with E-state index in [-0.39, 0.29) is 29.9 Å². The third-order valence-electron chi connectivity index (χ3n) is 4.36. The Hall–Kier alpha value is -1.75. The summed E-state index contributed by atoms with van der Waals surface area (Å²) in [6.45, 7) is 4.64. The van der Waals surface area contributed by atoms with Gasteiger partial charge in [-0.25, -0.2) is 0 Å². The van der Waals surface area contributed by atoms with Crippen LogP contribution in [-0.4, -0.2) is 65.0 Å². The molecule has 152 valence electrons. The van der Waals surface area contributed by atoms with Gasteiger partial charge in [-0.1, -0.05) is 25.1 Å². The Morgan fingerprint density at radius 3 is 2.68 bits per heavy atom. The van der Waals surface area contributed by atoms with Crippen molar-refractivity contribution in [2.75, 3.05) is 38.1 Å². The maximum absolute atomic E-state index is 12.6. The zero-order chi connectivity index (χ0) is 19.2. The summed E-state index contributed by atoms with van der Waals surface area (Å²) in [5, 5.41) is 7.94. The maximum Gasteiger partial charge on any atom is 0.246 e. The minimum absolute atomic E-state index is 0. The van der Waals surface area contributed by atoms with E-state index in [1.54, 1.807) is 22.8 Å². The Bertz CT molecular complexity index is 797. The van der Waals surface area contributed by atoms with Gasteiger partial charge in [-0.2, -0.15) is 5.10 Å². The highest BCUT2D eigenvalue weighted by Crippen LogP contribution is 2.22. The SMILES string of the molecule is CN=C(NCC(C)Sc1ccccc1)N1CCN(c2cnn(C)c2)C(=O)C1.I. The number of nitrogens with one attached hydrogen (secondary N) is 1. The Balaban J connectivity index is 0.00000280. The number of hydrogen-bond acceptors (Lipinski definition) is 4. The van der Waals surface area contributed by atoms with Crippen LogP contribution in [0, 0.1) is 0 Å². The van der Waals surface area contributed by atoms with Gasteiger partial charge < -0.3 is 15.1 Å². The lowest BCUT2D eigenvalue weighted by molar-refractivity contribution is -0.120. The van der Waals surface area contributed by atoms with E-state index in [1.807, 2.05) is 36.0 Å². The van der Waals surface area contributed by atoms with Crippen LogP contribution in [0.5, 0.6) is 0 Å². The Morgan fingerprint density at radius 2 is 2.07 bits per heavy atom. The van der Waals surface area contributed by atoms with Gasteiger partial charge in [0.1, 0.15) is 6.54 Å². The molecule has 1 aromatic heterocycles. The number of aryl methyl sites for hydroxylation is 1. The fraction of sp³-hybridized carbons (Fsp3) is 0.421. The molecule has 1 amide bonds. The van der Waals surface area contributed by atoms with Gasteiger partial charge in [0.25, 0.3) is 0 Å². The standard InChI is InChI=1S/C19H26N6OS.HI/c1-15(27-17-7-5-4-6-8-17)11-21-19(20-2)24-9-10-25(18(26)14-24)16-12-22-23(3)13-16;/h4-8,12-13,15H,9-11,14H2,1-3H3,(H,20,21);1H. The molecular formula is C19H27IN6OS. The van der Waals surface area contributed by atoms with Gasteiger partial charge in [-0.15, -0.1) is 35.7 Å². The number of benzene rings is 1. The van der Waals surface area contributed by atoms with Gasteiger partial charge in [0.05, 0.1) is 11.9 Å². The van der Waals surface area contributed by atoms with Crippen LogP contribution in [0.25, 0.3) is 0 Å². The molecule has 3 rings (SSSR count). The number of guanidine groups is 1. The van der Waals surface area contributed by atoms with Gasteiger partial charge in [-0.05, 0) is 12.1 Å². The lowest BCUT2D eigenvalue weighted by Crippen LogP contribution is -2.55. The Morgan fingerprint density at radius 1 is 1.32 bits per heavy atom. The monoisotopic (exact) mass is 514 g/mol. The molecule has 0 aliphatic carbocycles. The Kier molecular flexibility index (Phi) is 8.61. The van der Waals surface area contributed by atoms with Crippen molar-refractivity contribution in [3.05, 3.63) is 42.7 Å². The summed E-state index contributed by atoms with van der Waals surface area (Å²) >= 11 is 1.82. The van der Waals surface area contributed by atoms with E-state index in [0.717, 1.165) is 24.7 Å². The number of halogens is 1. The molecule has 1 N–H and O–H groups in total. The topological polar surface area (TPSA) is 65.8 Å². The van der Waals surface area contributed by atoms with Crippen LogP contribution in [0.4, 0.5) is 5.69 Å². The van der Waals surface area contributed by atoms with Crippen LogP contribution in [0.3, 0.4) is 0 Å². The van der Waals surface area contributed by atoms with Crippen molar-refractivity contribution in [1.82, 2.24) is 20.0 Å². The second-order valence-electron chi connectivity index (χ2n) is 6.51. The molecule has 1 fully saturated rings. The van der Waals surface area contributed by atoms with Crippen LogP contribution in [0.1, 0.15) is 6.92 Å². The van der Waals surface area contributed by atoms with Crippen molar-refractivity contribution < 1.29 is 4.79 Å². The number of hydrogen-bond donors (Lipinski definition) is 1. The molecule has 1 saturated heterocycles. The van der Waals surface area contributed by atoms with Crippen molar-refractivity contribution in [2.24, 2.45) is 12.0 Å². The first-order valence-corrected chi connectivity index (χ1v) is 9.91. The molecule has 2 aromatic rings. The number of anilines is 1. The highest BCUT2D eigenvalue weighted by atomic mass is 127. The molecule has 1 unspecified atom stereocenters. The van der Waals surface area contributed by atoms with Crippen molar-refractivity contribution in [2.45, 2.75) is 17.1 Å². The minimum Gasteiger partial charge on any atom is -0.355 e. The zero-order valence-electron chi connectivity index (χ0n) is 16.4. The van der Waals surface area contributed by atoms with Gasteiger partial charge in [-0.3, -0.25) is 14.5 Å². The predicted octanol–water partition coefficient (Wildman–Crippen LogP) is 2.44. The molecule has 0 spiro atoms. The van der Waals surface area contributed by atoms with E-state index in [9.17, 15) is 4.79 Å². The third-order valence-corrected chi connectivity index (χ3v) is 5.48.